The van der Waals surface area contributed by atoms with Gasteiger partial charge in [-0.2, -0.15) is 0 Å². The molecule has 0 aliphatic rings. The molecule has 0 saturated heterocycles. The van der Waals surface area contributed by atoms with Crippen molar-refractivity contribution in [2.45, 2.75) is 0 Å². The molecule has 3 N–H and O–H groups in total. The number of amidine groups is 1. The second-order valence-corrected chi connectivity index (χ2v) is 4.16. The van der Waals surface area contributed by atoms with Gasteiger partial charge in [0.25, 0.3) is 0 Å². The number of aliphatic imine (C=N–C) groups is 1. The van der Waals surface area contributed by atoms with Crippen LogP contribution in [0.25, 0.3) is 11.2 Å². The number of pyridine rings is 1. The van der Waals surface area contributed by atoms with Gasteiger partial charge < -0.3 is 15.5 Å². The van der Waals surface area contributed by atoms with Gasteiger partial charge in [0.2, 0.25) is 0 Å². The second kappa shape index (κ2) is 5.00. The minimum Gasteiger partial charge on any atom is -0.497 e. The number of benzene rings is 1. The number of nitrogens with zero attached hydrogens (tertiary/aromatic N) is 3. The molecule has 2 heterocycles. The third-order valence-corrected chi connectivity index (χ3v) is 2.91. The van der Waals surface area contributed by atoms with Crippen LogP contribution >= 0.6 is 0 Å². The molecule has 1 aromatic carbocycles. The first-order chi connectivity index (χ1) is 9.78. The molecule has 0 atom stereocenters. The predicted molar refractivity (Wildman–Crippen MR) is 77.3 cm³/mol. The van der Waals surface area contributed by atoms with Gasteiger partial charge >= 0.3 is 0 Å². The molecule has 0 unspecified atom stereocenters. The number of nitrogens with one attached hydrogen (secondary N) is 1. The fourth-order valence-corrected chi connectivity index (χ4v) is 1.94. The number of imidazole rings is 1. The van der Waals surface area contributed by atoms with Gasteiger partial charge in [0.15, 0.2) is 5.65 Å². The highest BCUT2D eigenvalue weighted by Crippen LogP contribution is 2.21. The molecule has 2 aromatic heterocycles. The van der Waals surface area contributed by atoms with E-state index in [1.54, 1.807) is 25.7 Å². The van der Waals surface area contributed by atoms with Crippen molar-refractivity contribution in [3.63, 3.8) is 0 Å². The zero-order chi connectivity index (χ0) is 13.9. The predicted octanol–water partition coefficient (Wildman–Crippen LogP) is 2.00. The maximum absolute atomic E-state index is 6.08. The van der Waals surface area contributed by atoms with Crippen LogP contribution in [-0.4, -0.2) is 27.9 Å². The van der Waals surface area contributed by atoms with Crippen molar-refractivity contribution in [1.29, 1.82) is 0 Å². The summed E-state index contributed by atoms with van der Waals surface area (Å²) in [4.78, 5) is 15.7. The quantitative estimate of drug-likeness (QED) is 0.561. The second-order valence-electron chi connectivity index (χ2n) is 4.16. The van der Waals surface area contributed by atoms with E-state index in [9.17, 15) is 0 Å². The van der Waals surface area contributed by atoms with E-state index >= 15 is 0 Å². The normalized spacial score (nSPS) is 11.8. The highest BCUT2D eigenvalue weighted by Gasteiger charge is 2.07. The first kappa shape index (κ1) is 12.2. The van der Waals surface area contributed by atoms with Crippen LogP contribution < -0.4 is 10.5 Å². The Morgan fingerprint density at radius 2 is 2.20 bits per heavy atom. The Hall–Kier alpha value is -2.89. The van der Waals surface area contributed by atoms with Gasteiger partial charge in [-0.1, -0.05) is 6.07 Å². The van der Waals surface area contributed by atoms with Crippen LogP contribution in [-0.2, 0) is 0 Å². The average Bonchev–Trinajstić information content (AvgIpc) is 2.95. The van der Waals surface area contributed by atoms with Crippen LogP contribution in [0.4, 0.5) is 5.69 Å². The Morgan fingerprint density at radius 3 is 3.05 bits per heavy atom. The van der Waals surface area contributed by atoms with E-state index in [2.05, 4.69) is 19.9 Å². The fourth-order valence-electron chi connectivity index (χ4n) is 1.94. The number of aromatic nitrogens is 3. The van der Waals surface area contributed by atoms with Gasteiger partial charge in [-0.15, -0.1) is 0 Å². The van der Waals surface area contributed by atoms with Crippen molar-refractivity contribution < 1.29 is 4.74 Å². The summed E-state index contributed by atoms with van der Waals surface area (Å²) >= 11 is 0. The van der Waals surface area contributed by atoms with Crippen molar-refractivity contribution in [3.05, 3.63) is 48.4 Å². The van der Waals surface area contributed by atoms with Crippen molar-refractivity contribution in [2.24, 2.45) is 10.7 Å². The third-order valence-electron chi connectivity index (χ3n) is 2.91. The highest BCUT2D eigenvalue weighted by atomic mass is 16.5. The number of fused-ring (bicyclic) bond motifs is 1. The first-order valence-corrected chi connectivity index (χ1v) is 6.04. The van der Waals surface area contributed by atoms with E-state index in [1.807, 2.05) is 24.3 Å². The summed E-state index contributed by atoms with van der Waals surface area (Å²) in [5.74, 6) is 1.13. The molecule has 0 saturated carbocycles. The van der Waals surface area contributed by atoms with E-state index in [1.165, 1.54) is 0 Å². The van der Waals surface area contributed by atoms with Crippen LogP contribution in [0.2, 0.25) is 0 Å². The molecule has 0 aliphatic carbocycles. The molecule has 100 valence electrons. The molecule has 0 fully saturated rings. The monoisotopic (exact) mass is 267 g/mol. The Labute approximate surface area is 115 Å². The number of rotatable bonds is 3. The maximum Gasteiger partial charge on any atom is 0.178 e. The van der Waals surface area contributed by atoms with Gasteiger partial charge in [0.05, 0.1) is 24.6 Å². The summed E-state index contributed by atoms with van der Waals surface area (Å²) < 4.78 is 5.16. The molecule has 0 spiro atoms. The van der Waals surface area contributed by atoms with Gasteiger partial charge in [0, 0.05) is 17.8 Å². The molecular weight excluding hydrogens is 254 g/mol. The average molecular weight is 267 g/mol. The molecule has 3 aromatic rings. The van der Waals surface area contributed by atoms with Crippen molar-refractivity contribution in [3.8, 4) is 5.75 Å². The number of H-pyrrole nitrogens is 1. The molecule has 6 nitrogen and oxygen atoms in total. The van der Waals surface area contributed by atoms with Crippen molar-refractivity contribution in [1.82, 2.24) is 15.0 Å². The molecule has 0 radical (unpaired) electrons. The minimum absolute atomic E-state index is 0.398. The minimum atomic E-state index is 0.398. The Bertz CT molecular complexity index is 778. The molecule has 0 aliphatic heterocycles. The third kappa shape index (κ3) is 2.18. The summed E-state index contributed by atoms with van der Waals surface area (Å²) in [7, 11) is 1.61. The van der Waals surface area contributed by atoms with Crippen LogP contribution in [0.1, 0.15) is 5.56 Å². The number of aromatic amines is 1. The fraction of sp³-hybridized carbons (Fsp3) is 0.0714. The number of hydrogen-bond acceptors (Lipinski definition) is 4. The number of nitrogens with two attached hydrogens (primary N) is 1. The lowest BCUT2D eigenvalue weighted by Gasteiger charge is -2.03. The lowest BCUT2D eigenvalue weighted by Crippen LogP contribution is -2.13. The maximum atomic E-state index is 6.08. The summed E-state index contributed by atoms with van der Waals surface area (Å²) in [6.45, 7) is 0. The topological polar surface area (TPSA) is 89.2 Å². The molecule has 20 heavy (non-hydrogen) atoms. The zero-order valence-electron chi connectivity index (χ0n) is 10.9. The SMILES string of the molecule is COc1cccc(N=C(N)c2ccnc3nc[nH]c23)c1. The molecule has 0 bridgehead atoms. The van der Waals surface area contributed by atoms with Gasteiger partial charge in [-0.25, -0.2) is 15.0 Å². The first-order valence-electron chi connectivity index (χ1n) is 6.04. The number of ether oxygens (including phenoxy) is 1. The summed E-state index contributed by atoms with van der Waals surface area (Å²) in [5, 5.41) is 0. The van der Waals surface area contributed by atoms with Gasteiger partial charge in [0.1, 0.15) is 11.6 Å². The summed E-state index contributed by atoms with van der Waals surface area (Å²) in [6.07, 6.45) is 3.24. The number of methoxy groups -OCH3 is 1. The highest BCUT2D eigenvalue weighted by molar-refractivity contribution is 6.07. The largest absolute Gasteiger partial charge is 0.497 e. The lowest BCUT2D eigenvalue weighted by atomic mass is 10.2. The van der Waals surface area contributed by atoms with E-state index < -0.39 is 0 Å². The molecule has 3 rings (SSSR count). The van der Waals surface area contributed by atoms with Crippen LogP contribution in [0, 0.1) is 0 Å². The zero-order valence-corrected chi connectivity index (χ0v) is 10.9. The van der Waals surface area contributed by atoms with E-state index in [0.717, 1.165) is 22.5 Å². The van der Waals surface area contributed by atoms with E-state index in [4.69, 9.17) is 10.5 Å². The molecule has 6 heteroatoms. The van der Waals surface area contributed by atoms with Crippen LogP contribution in [0.5, 0.6) is 5.75 Å². The summed E-state index contributed by atoms with van der Waals surface area (Å²) in [6, 6.07) is 9.20. The van der Waals surface area contributed by atoms with Crippen LogP contribution in [0.3, 0.4) is 0 Å². The Balaban J connectivity index is 2.04. The van der Waals surface area contributed by atoms with E-state index in [-0.39, 0.29) is 0 Å². The Morgan fingerprint density at radius 1 is 1.30 bits per heavy atom. The molecule has 0 amide bonds. The van der Waals surface area contributed by atoms with E-state index in [0.29, 0.717) is 11.5 Å². The van der Waals surface area contributed by atoms with Gasteiger partial charge in [-0.3, -0.25) is 0 Å². The standard InChI is InChI=1S/C14H13N5O/c1-20-10-4-2-3-9(7-10)19-13(15)11-5-6-16-14-12(11)17-8-18-14/h2-8H,1H3,(H2,15,19)(H,16,17,18). The number of hydrogen-bond donors (Lipinski definition) is 2. The van der Waals surface area contributed by atoms with Gasteiger partial charge in [-0.05, 0) is 18.2 Å². The summed E-state index contributed by atoms with van der Waals surface area (Å²) in [5.41, 5.74) is 8.97. The molecular formula is C14H13N5O. The lowest BCUT2D eigenvalue weighted by molar-refractivity contribution is 0.415. The van der Waals surface area contributed by atoms with Crippen molar-refractivity contribution in [2.75, 3.05) is 7.11 Å². The smallest absolute Gasteiger partial charge is 0.178 e. The van der Waals surface area contributed by atoms with Crippen LogP contribution in [0.15, 0.2) is 47.8 Å². The van der Waals surface area contributed by atoms with Crippen molar-refractivity contribution >= 4 is 22.7 Å². The Kier molecular flexibility index (Phi) is 3.04.